The van der Waals surface area contributed by atoms with E-state index in [0.717, 1.165) is 13.1 Å². The van der Waals surface area contributed by atoms with Crippen molar-refractivity contribution in [2.75, 3.05) is 11.4 Å². The minimum Gasteiger partial charge on any atom is -0.367 e. The highest BCUT2D eigenvalue weighted by Crippen LogP contribution is 2.28. The first-order valence-corrected chi connectivity index (χ1v) is 7.48. The van der Waals surface area contributed by atoms with E-state index in [1.165, 1.54) is 41.6 Å². The third-order valence-electron chi connectivity index (χ3n) is 4.16. The van der Waals surface area contributed by atoms with Crippen LogP contribution in [0.4, 0.5) is 5.69 Å². The van der Waals surface area contributed by atoms with Crippen LogP contribution in [0.15, 0.2) is 48.5 Å². The molecule has 0 unspecified atom stereocenters. The van der Waals surface area contributed by atoms with E-state index in [2.05, 4.69) is 53.4 Å². The van der Waals surface area contributed by atoms with Crippen LogP contribution in [-0.2, 0) is 19.5 Å². The summed E-state index contributed by atoms with van der Waals surface area (Å²) in [5.74, 6) is 0. The molecule has 2 N–H and O–H groups in total. The predicted molar refractivity (Wildman–Crippen MR) is 84.8 cm³/mol. The van der Waals surface area contributed by atoms with Crippen molar-refractivity contribution in [3.8, 4) is 0 Å². The molecular weight excluding hydrogens is 244 g/mol. The second kappa shape index (κ2) is 6.10. The molecule has 2 aromatic rings. The number of nitrogens with two attached hydrogens (primary N) is 1. The zero-order valence-corrected chi connectivity index (χ0v) is 11.9. The van der Waals surface area contributed by atoms with E-state index >= 15 is 0 Å². The van der Waals surface area contributed by atoms with Gasteiger partial charge in [0.25, 0.3) is 0 Å². The van der Waals surface area contributed by atoms with Gasteiger partial charge >= 0.3 is 0 Å². The molecule has 3 rings (SSSR count). The van der Waals surface area contributed by atoms with Crippen molar-refractivity contribution in [3.63, 3.8) is 0 Å². The molecule has 0 spiro atoms. The summed E-state index contributed by atoms with van der Waals surface area (Å²) in [6.45, 7) is 2.71. The molecule has 104 valence electrons. The van der Waals surface area contributed by atoms with Crippen molar-refractivity contribution in [3.05, 3.63) is 65.2 Å². The molecule has 0 saturated heterocycles. The monoisotopic (exact) mass is 266 g/mol. The van der Waals surface area contributed by atoms with Crippen molar-refractivity contribution in [2.45, 2.75) is 32.4 Å². The Morgan fingerprint density at radius 2 is 1.65 bits per heavy atom. The van der Waals surface area contributed by atoms with E-state index in [1.54, 1.807) is 0 Å². The zero-order valence-electron chi connectivity index (χ0n) is 11.9. The Labute approximate surface area is 121 Å². The number of nitrogens with zero attached hydrogens (tertiary/aromatic N) is 1. The molecule has 0 atom stereocenters. The van der Waals surface area contributed by atoms with Gasteiger partial charge in [0.15, 0.2) is 0 Å². The normalized spacial score (nSPS) is 14.8. The summed E-state index contributed by atoms with van der Waals surface area (Å²) in [4.78, 5) is 2.51. The average Bonchev–Trinajstić information content (AvgIpc) is 2.71. The van der Waals surface area contributed by atoms with Crippen molar-refractivity contribution >= 4 is 5.69 Å². The lowest BCUT2D eigenvalue weighted by Gasteiger charge is -2.26. The van der Waals surface area contributed by atoms with Gasteiger partial charge in [0, 0.05) is 25.3 Å². The first-order valence-electron chi connectivity index (χ1n) is 7.48. The Kier molecular flexibility index (Phi) is 4.03. The van der Waals surface area contributed by atoms with Crippen molar-refractivity contribution in [2.24, 2.45) is 5.73 Å². The lowest BCUT2D eigenvalue weighted by atomic mass is 10.1. The maximum absolute atomic E-state index is 5.86. The standard InChI is InChI=1S/C18H22N2/c19-13-16-9-1-2-10-17(16)14-20-12-6-5-8-15-7-3-4-11-18(15)20/h1-4,7,9-11H,5-6,8,12-14,19H2. The van der Waals surface area contributed by atoms with Gasteiger partial charge in [0.1, 0.15) is 0 Å². The summed E-state index contributed by atoms with van der Waals surface area (Å²) >= 11 is 0. The van der Waals surface area contributed by atoms with Crippen LogP contribution in [0.25, 0.3) is 0 Å². The summed E-state index contributed by atoms with van der Waals surface area (Å²) in [6.07, 6.45) is 3.75. The fourth-order valence-electron chi connectivity index (χ4n) is 3.05. The summed E-state index contributed by atoms with van der Waals surface area (Å²) in [5, 5.41) is 0. The Morgan fingerprint density at radius 1 is 0.900 bits per heavy atom. The molecule has 0 amide bonds. The van der Waals surface area contributed by atoms with Gasteiger partial charge in [-0.3, -0.25) is 0 Å². The highest BCUT2D eigenvalue weighted by molar-refractivity contribution is 5.55. The molecular formula is C18H22N2. The molecule has 0 radical (unpaired) electrons. The Hall–Kier alpha value is -1.80. The fourth-order valence-corrected chi connectivity index (χ4v) is 3.05. The molecule has 1 aliphatic heterocycles. The second-order valence-electron chi connectivity index (χ2n) is 5.48. The van der Waals surface area contributed by atoms with E-state index in [9.17, 15) is 0 Å². The molecule has 0 saturated carbocycles. The van der Waals surface area contributed by atoms with Crippen LogP contribution in [0.3, 0.4) is 0 Å². The molecule has 1 heterocycles. The number of anilines is 1. The third kappa shape index (κ3) is 2.70. The first-order chi connectivity index (χ1) is 9.88. The minimum atomic E-state index is 0.617. The molecule has 20 heavy (non-hydrogen) atoms. The fraction of sp³-hybridized carbons (Fsp3) is 0.333. The summed E-state index contributed by atoms with van der Waals surface area (Å²) < 4.78 is 0. The highest BCUT2D eigenvalue weighted by Gasteiger charge is 2.15. The quantitative estimate of drug-likeness (QED) is 0.921. The number of para-hydroxylation sites is 1. The zero-order chi connectivity index (χ0) is 13.8. The van der Waals surface area contributed by atoms with Crippen molar-refractivity contribution < 1.29 is 0 Å². The number of aryl methyl sites for hydroxylation is 1. The van der Waals surface area contributed by atoms with Gasteiger partial charge in [-0.2, -0.15) is 0 Å². The molecule has 2 nitrogen and oxygen atoms in total. The number of fused-ring (bicyclic) bond motifs is 1. The van der Waals surface area contributed by atoms with Crippen molar-refractivity contribution in [1.29, 1.82) is 0 Å². The molecule has 0 fully saturated rings. The van der Waals surface area contributed by atoms with E-state index in [4.69, 9.17) is 5.73 Å². The predicted octanol–water partition coefficient (Wildman–Crippen LogP) is 3.49. The second-order valence-corrected chi connectivity index (χ2v) is 5.48. The van der Waals surface area contributed by atoms with E-state index in [1.807, 2.05) is 0 Å². The molecule has 1 aliphatic rings. The Morgan fingerprint density at radius 3 is 2.50 bits per heavy atom. The SMILES string of the molecule is NCc1ccccc1CN1CCCCc2ccccc21. The van der Waals surface area contributed by atoms with Gasteiger partial charge in [-0.25, -0.2) is 0 Å². The topological polar surface area (TPSA) is 29.3 Å². The summed E-state index contributed by atoms with van der Waals surface area (Å²) in [5.41, 5.74) is 11.4. The van der Waals surface area contributed by atoms with Gasteiger partial charge in [-0.15, -0.1) is 0 Å². The Bertz CT molecular complexity index is 577. The van der Waals surface area contributed by atoms with Crippen LogP contribution in [0, 0.1) is 0 Å². The lowest BCUT2D eigenvalue weighted by Crippen LogP contribution is -2.24. The number of hydrogen-bond acceptors (Lipinski definition) is 2. The summed E-state index contributed by atoms with van der Waals surface area (Å²) in [6, 6.07) is 17.3. The largest absolute Gasteiger partial charge is 0.367 e. The first kappa shape index (κ1) is 13.2. The highest BCUT2D eigenvalue weighted by atomic mass is 15.1. The molecule has 2 aromatic carbocycles. The van der Waals surface area contributed by atoms with Crippen LogP contribution in [0.5, 0.6) is 0 Å². The molecule has 2 heteroatoms. The van der Waals surface area contributed by atoms with Crippen LogP contribution in [-0.4, -0.2) is 6.54 Å². The van der Waals surface area contributed by atoms with Crippen LogP contribution < -0.4 is 10.6 Å². The smallest absolute Gasteiger partial charge is 0.0432 e. The van der Waals surface area contributed by atoms with Crippen LogP contribution >= 0.6 is 0 Å². The van der Waals surface area contributed by atoms with Crippen LogP contribution in [0.1, 0.15) is 29.5 Å². The van der Waals surface area contributed by atoms with Gasteiger partial charge in [0.05, 0.1) is 0 Å². The lowest BCUT2D eigenvalue weighted by molar-refractivity contribution is 0.712. The maximum Gasteiger partial charge on any atom is 0.0432 e. The number of benzene rings is 2. The molecule has 0 bridgehead atoms. The average molecular weight is 266 g/mol. The number of rotatable bonds is 3. The molecule has 0 aromatic heterocycles. The maximum atomic E-state index is 5.86. The minimum absolute atomic E-state index is 0.617. The summed E-state index contributed by atoms with van der Waals surface area (Å²) in [7, 11) is 0. The van der Waals surface area contributed by atoms with Crippen LogP contribution in [0.2, 0.25) is 0 Å². The van der Waals surface area contributed by atoms with Gasteiger partial charge in [0.2, 0.25) is 0 Å². The number of hydrogen-bond donors (Lipinski definition) is 1. The van der Waals surface area contributed by atoms with E-state index < -0.39 is 0 Å². The molecule has 0 aliphatic carbocycles. The van der Waals surface area contributed by atoms with Crippen molar-refractivity contribution in [1.82, 2.24) is 0 Å². The van der Waals surface area contributed by atoms with Gasteiger partial charge < -0.3 is 10.6 Å². The van der Waals surface area contributed by atoms with Gasteiger partial charge in [-0.05, 0) is 42.0 Å². The van der Waals surface area contributed by atoms with Gasteiger partial charge in [-0.1, -0.05) is 42.5 Å². The Balaban J connectivity index is 1.90. The van der Waals surface area contributed by atoms with E-state index in [-0.39, 0.29) is 0 Å². The third-order valence-corrected chi connectivity index (χ3v) is 4.16. The van der Waals surface area contributed by atoms with E-state index in [0.29, 0.717) is 6.54 Å².